The van der Waals surface area contributed by atoms with E-state index in [1.807, 2.05) is 18.3 Å². The van der Waals surface area contributed by atoms with E-state index in [2.05, 4.69) is 29.1 Å². The summed E-state index contributed by atoms with van der Waals surface area (Å²) in [5, 5.41) is 0. The van der Waals surface area contributed by atoms with Crippen molar-refractivity contribution in [3.63, 3.8) is 0 Å². The number of halogens is 1. The van der Waals surface area contributed by atoms with Gasteiger partial charge in [-0.25, -0.2) is 0 Å². The Morgan fingerprint density at radius 1 is 1.36 bits per heavy atom. The van der Waals surface area contributed by atoms with Gasteiger partial charge in [0.1, 0.15) is 0 Å². The summed E-state index contributed by atoms with van der Waals surface area (Å²) in [6.45, 7) is 2.19. The molecule has 0 amide bonds. The molecule has 2 heterocycles. The van der Waals surface area contributed by atoms with Gasteiger partial charge in [0.2, 0.25) is 0 Å². The maximum absolute atomic E-state index is 4.34. The third kappa shape index (κ3) is 2.56. The van der Waals surface area contributed by atoms with Crippen molar-refractivity contribution in [3.05, 3.63) is 36.2 Å². The molecule has 1 aliphatic rings. The number of pyridine rings is 1. The topological polar surface area (TPSA) is 16.1 Å². The van der Waals surface area contributed by atoms with Gasteiger partial charge in [-0.05, 0) is 31.2 Å². The molecule has 1 aliphatic heterocycles. The Morgan fingerprint density at radius 3 is 2.79 bits per heavy atom. The molecule has 0 saturated heterocycles. The average molecular weight is 211 g/mol. The molecule has 0 fully saturated rings. The van der Waals surface area contributed by atoms with Crippen LogP contribution < -0.4 is 0 Å². The minimum absolute atomic E-state index is 0. The van der Waals surface area contributed by atoms with Crippen molar-refractivity contribution in [2.75, 3.05) is 20.1 Å². The van der Waals surface area contributed by atoms with E-state index < -0.39 is 0 Å². The first-order chi connectivity index (χ1) is 6.36. The highest BCUT2D eigenvalue weighted by molar-refractivity contribution is 5.85. The zero-order valence-electron chi connectivity index (χ0n) is 8.31. The fraction of sp³-hybridized carbons (Fsp3) is 0.364. The van der Waals surface area contributed by atoms with E-state index >= 15 is 0 Å². The molecule has 0 bridgehead atoms. The predicted molar refractivity (Wildman–Crippen MR) is 61.6 cm³/mol. The molecule has 0 radical (unpaired) electrons. The zero-order chi connectivity index (χ0) is 9.10. The normalized spacial score (nSPS) is 17.1. The van der Waals surface area contributed by atoms with Crippen molar-refractivity contribution in [2.24, 2.45) is 0 Å². The lowest BCUT2D eigenvalue weighted by Crippen LogP contribution is -2.23. The van der Waals surface area contributed by atoms with Crippen molar-refractivity contribution >= 4 is 18.0 Å². The van der Waals surface area contributed by atoms with Crippen LogP contribution in [0.5, 0.6) is 0 Å². The summed E-state index contributed by atoms with van der Waals surface area (Å²) in [5.41, 5.74) is 2.52. The average Bonchev–Trinajstić information content (AvgIpc) is 2.20. The van der Waals surface area contributed by atoms with Gasteiger partial charge in [-0.2, -0.15) is 0 Å². The second kappa shape index (κ2) is 5.13. The fourth-order valence-corrected chi connectivity index (χ4v) is 1.56. The summed E-state index contributed by atoms with van der Waals surface area (Å²) in [4.78, 5) is 6.65. The van der Waals surface area contributed by atoms with E-state index in [1.165, 1.54) is 5.57 Å². The third-order valence-electron chi connectivity index (χ3n) is 2.41. The van der Waals surface area contributed by atoms with Crippen molar-refractivity contribution in [1.29, 1.82) is 0 Å². The number of likely N-dealkylation sites (N-methyl/N-ethyl adjacent to an activating group) is 1. The smallest absolute Gasteiger partial charge is 0.0659 e. The molecular weight excluding hydrogens is 196 g/mol. The highest BCUT2D eigenvalue weighted by Crippen LogP contribution is 2.18. The molecule has 0 spiro atoms. The van der Waals surface area contributed by atoms with Crippen LogP contribution in [0.2, 0.25) is 0 Å². The summed E-state index contributed by atoms with van der Waals surface area (Å²) < 4.78 is 0. The Labute approximate surface area is 91.1 Å². The van der Waals surface area contributed by atoms with E-state index in [-0.39, 0.29) is 12.4 Å². The van der Waals surface area contributed by atoms with Crippen LogP contribution in [0.25, 0.3) is 5.57 Å². The third-order valence-corrected chi connectivity index (χ3v) is 2.41. The molecule has 1 aromatic heterocycles. The Kier molecular flexibility index (Phi) is 4.11. The van der Waals surface area contributed by atoms with Gasteiger partial charge >= 0.3 is 0 Å². The largest absolute Gasteiger partial charge is 0.302 e. The lowest BCUT2D eigenvalue weighted by Gasteiger charge is -2.21. The van der Waals surface area contributed by atoms with Crippen LogP contribution in [0.15, 0.2) is 30.5 Å². The molecule has 3 heteroatoms. The molecule has 0 aromatic carbocycles. The lowest BCUT2D eigenvalue weighted by atomic mass is 10.0. The Hall–Kier alpha value is -0.860. The van der Waals surface area contributed by atoms with E-state index in [0.717, 1.165) is 25.2 Å². The molecule has 0 N–H and O–H groups in total. The van der Waals surface area contributed by atoms with Crippen LogP contribution in [0.4, 0.5) is 0 Å². The monoisotopic (exact) mass is 210 g/mol. The second-order valence-corrected chi connectivity index (χ2v) is 3.46. The quantitative estimate of drug-likeness (QED) is 0.707. The SMILES string of the molecule is CN1CC=C(c2ccccn2)CC1.Cl. The van der Waals surface area contributed by atoms with Crippen LogP contribution in [-0.2, 0) is 0 Å². The Morgan fingerprint density at radius 2 is 2.21 bits per heavy atom. The maximum atomic E-state index is 4.34. The molecule has 0 atom stereocenters. The van der Waals surface area contributed by atoms with Crippen LogP contribution in [0.3, 0.4) is 0 Å². The van der Waals surface area contributed by atoms with Gasteiger partial charge < -0.3 is 4.90 Å². The van der Waals surface area contributed by atoms with Crippen molar-refractivity contribution in [1.82, 2.24) is 9.88 Å². The number of nitrogens with zero attached hydrogens (tertiary/aromatic N) is 2. The van der Waals surface area contributed by atoms with Gasteiger partial charge in [0, 0.05) is 19.3 Å². The summed E-state index contributed by atoms with van der Waals surface area (Å²) >= 11 is 0. The second-order valence-electron chi connectivity index (χ2n) is 3.46. The standard InChI is InChI=1S/C11H14N2.ClH/c1-13-8-5-10(6-9-13)11-4-2-3-7-12-11;/h2-5,7H,6,8-9H2,1H3;1H. The summed E-state index contributed by atoms with van der Waals surface area (Å²) in [5.74, 6) is 0. The van der Waals surface area contributed by atoms with E-state index in [4.69, 9.17) is 0 Å². The van der Waals surface area contributed by atoms with E-state index in [9.17, 15) is 0 Å². The van der Waals surface area contributed by atoms with Crippen LogP contribution in [-0.4, -0.2) is 30.0 Å². The van der Waals surface area contributed by atoms with Crippen molar-refractivity contribution < 1.29 is 0 Å². The first-order valence-corrected chi connectivity index (χ1v) is 4.65. The minimum atomic E-state index is 0. The van der Waals surface area contributed by atoms with Gasteiger partial charge in [0.25, 0.3) is 0 Å². The zero-order valence-corrected chi connectivity index (χ0v) is 9.13. The van der Waals surface area contributed by atoms with Crippen molar-refractivity contribution in [2.45, 2.75) is 6.42 Å². The molecular formula is C11H15ClN2. The minimum Gasteiger partial charge on any atom is -0.302 e. The summed E-state index contributed by atoms with van der Waals surface area (Å²) in [6.07, 6.45) is 5.24. The molecule has 1 aromatic rings. The molecule has 2 nitrogen and oxygen atoms in total. The number of hydrogen-bond acceptors (Lipinski definition) is 2. The Balaban J connectivity index is 0.000000980. The highest BCUT2D eigenvalue weighted by atomic mass is 35.5. The van der Waals surface area contributed by atoms with Gasteiger partial charge in [-0.3, -0.25) is 4.98 Å². The van der Waals surface area contributed by atoms with E-state index in [1.54, 1.807) is 0 Å². The van der Waals surface area contributed by atoms with Gasteiger partial charge in [0.15, 0.2) is 0 Å². The van der Waals surface area contributed by atoms with Gasteiger partial charge in [0.05, 0.1) is 5.69 Å². The van der Waals surface area contributed by atoms with Crippen LogP contribution >= 0.6 is 12.4 Å². The Bertz CT molecular complexity index is 308. The molecule has 76 valence electrons. The van der Waals surface area contributed by atoms with E-state index in [0.29, 0.717) is 0 Å². The van der Waals surface area contributed by atoms with Crippen LogP contribution in [0.1, 0.15) is 12.1 Å². The first-order valence-electron chi connectivity index (χ1n) is 4.65. The van der Waals surface area contributed by atoms with Gasteiger partial charge in [-0.15, -0.1) is 12.4 Å². The molecule has 0 saturated carbocycles. The summed E-state index contributed by atoms with van der Waals surface area (Å²) in [6, 6.07) is 6.08. The number of rotatable bonds is 1. The predicted octanol–water partition coefficient (Wildman–Crippen LogP) is 2.22. The number of aromatic nitrogens is 1. The molecule has 2 rings (SSSR count). The van der Waals surface area contributed by atoms with Crippen LogP contribution in [0, 0.1) is 0 Å². The lowest BCUT2D eigenvalue weighted by molar-refractivity contribution is 0.370. The fourth-order valence-electron chi connectivity index (χ4n) is 1.56. The van der Waals surface area contributed by atoms with Gasteiger partial charge in [-0.1, -0.05) is 12.1 Å². The summed E-state index contributed by atoms with van der Waals surface area (Å²) in [7, 11) is 2.14. The molecule has 0 unspecified atom stereocenters. The highest BCUT2D eigenvalue weighted by Gasteiger charge is 2.09. The molecule has 14 heavy (non-hydrogen) atoms. The van der Waals surface area contributed by atoms with Crippen molar-refractivity contribution in [3.8, 4) is 0 Å². The maximum Gasteiger partial charge on any atom is 0.0659 e. The first kappa shape index (κ1) is 11.2. The number of hydrogen-bond donors (Lipinski definition) is 0. The molecule has 0 aliphatic carbocycles.